The highest BCUT2D eigenvalue weighted by atomic mass is 32.1. The molecule has 4 nitrogen and oxygen atoms in total. The van der Waals surface area contributed by atoms with Gasteiger partial charge in [-0.05, 0) is 12.1 Å². The van der Waals surface area contributed by atoms with Gasteiger partial charge in [-0.1, -0.05) is 12.1 Å². The molecule has 1 aliphatic heterocycles. The number of hydrogen-bond donors (Lipinski definition) is 2. The van der Waals surface area contributed by atoms with Crippen molar-refractivity contribution in [1.29, 1.82) is 0 Å². The summed E-state index contributed by atoms with van der Waals surface area (Å²) in [7, 11) is 0. The highest BCUT2D eigenvalue weighted by Crippen LogP contribution is 2.29. The standard InChI is InChI=1S/C11H12N2O2S/c12-11(15)7-5-10(14)13(6-7)8-3-1-2-4-9(8)16/h1-4,7,16H,5-6H2,(H2,12,15). The molecule has 1 unspecified atom stereocenters. The van der Waals surface area contributed by atoms with E-state index in [4.69, 9.17) is 5.73 Å². The molecule has 0 aromatic heterocycles. The average Bonchev–Trinajstić information content (AvgIpc) is 2.61. The lowest BCUT2D eigenvalue weighted by Gasteiger charge is -2.17. The van der Waals surface area contributed by atoms with Gasteiger partial charge in [0, 0.05) is 17.9 Å². The minimum absolute atomic E-state index is 0.0784. The van der Waals surface area contributed by atoms with Crippen LogP contribution in [-0.2, 0) is 9.59 Å². The zero-order chi connectivity index (χ0) is 11.7. The molecule has 0 radical (unpaired) electrons. The maximum absolute atomic E-state index is 11.7. The Morgan fingerprint density at radius 3 is 2.69 bits per heavy atom. The third-order valence-corrected chi connectivity index (χ3v) is 3.08. The summed E-state index contributed by atoms with van der Waals surface area (Å²) in [4.78, 5) is 25.0. The minimum atomic E-state index is -0.424. The van der Waals surface area contributed by atoms with E-state index in [9.17, 15) is 9.59 Å². The normalized spacial score (nSPS) is 20.2. The van der Waals surface area contributed by atoms with Crippen molar-refractivity contribution in [2.24, 2.45) is 11.7 Å². The van der Waals surface area contributed by atoms with E-state index in [1.54, 1.807) is 4.90 Å². The van der Waals surface area contributed by atoms with Crippen LogP contribution in [-0.4, -0.2) is 18.4 Å². The first-order chi connectivity index (χ1) is 7.59. The van der Waals surface area contributed by atoms with Crippen molar-refractivity contribution in [3.8, 4) is 0 Å². The molecular formula is C11H12N2O2S. The van der Waals surface area contributed by atoms with Gasteiger partial charge in [0.15, 0.2) is 0 Å². The monoisotopic (exact) mass is 236 g/mol. The Labute approximate surface area is 98.8 Å². The molecule has 0 aliphatic carbocycles. The maximum atomic E-state index is 11.7. The fraction of sp³-hybridized carbons (Fsp3) is 0.273. The third kappa shape index (κ3) is 1.90. The molecular weight excluding hydrogens is 224 g/mol. The molecule has 5 heteroatoms. The molecule has 1 fully saturated rings. The molecule has 16 heavy (non-hydrogen) atoms. The molecule has 2 amide bonds. The topological polar surface area (TPSA) is 63.4 Å². The van der Waals surface area contributed by atoms with Gasteiger partial charge in [-0.2, -0.15) is 0 Å². The number of primary amides is 1. The van der Waals surface area contributed by atoms with Crippen LogP contribution in [0, 0.1) is 5.92 Å². The Balaban J connectivity index is 2.27. The number of anilines is 1. The van der Waals surface area contributed by atoms with E-state index in [-0.39, 0.29) is 18.2 Å². The number of amides is 2. The number of nitrogens with two attached hydrogens (primary N) is 1. The predicted molar refractivity (Wildman–Crippen MR) is 63.3 cm³/mol. The lowest BCUT2D eigenvalue weighted by molar-refractivity contribution is -0.123. The Hall–Kier alpha value is -1.49. The lowest BCUT2D eigenvalue weighted by Crippen LogP contribution is -2.28. The maximum Gasteiger partial charge on any atom is 0.227 e. The van der Waals surface area contributed by atoms with Crippen molar-refractivity contribution in [2.75, 3.05) is 11.4 Å². The van der Waals surface area contributed by atoms with Gasteiger partial charge in [0.25, 0.3) is 0 Å². The van der Waals surface area contributed by atoms with Gasteiger partial charge in [0.1, 0.15) is 0 Å². The third-order valence-electron chi connectivity index (χ3n) is 2.70. The molecule has 84 valence electrons. The first kappa shape index (κ1) is 11.0. The minimum Gasteiger partial charge on any atom is -0.369 e. The molecule has 1 saturated heterocycles. The van der Waals surface area contributed by atoms with Crippen LogP contribution in [0.25, 0.3) is 0 Å². The number of rotatable bonds is 2. The molecule has 1 aromatic rings. The summed E-state index contributed by atoms with van der Waals surface area (Å²) in [5, 5.41) is 0. The smallest absolute Gasteiger partial charge is 0.227 e. The van der Waals surface area contributed by atoms with Gasteiger partial charge in [0.05, 0.1) is 11.6 Å². The van der Waals surface area contributed by atoms with Crippen LogP contribution in [0.5, 0.6) is 0 Å². The van der Waals surface area contributed by atoms with E-state index >= 15 is 0 Å². The van der Waals surface area contributed by atoms with E-state index < -0.39 is 5.91 Å². The molecule has 0 saturated carbocycles. The van der Waals surface area contributed by atoms with Crippen molar-refractivity contribution in [1.82, 2.24) is 0 Å². The summed E-state index contributed by atoms with van der Waals surface area (Å²) in [6.07, 6.45) is 0.192. The summed E-state index contributed by atoms with van der Waals surface area (Å²) in [5.41, 5.74) is 5.94. The Morgan fingerprint density at radius 2 is 2.12 bits per heavy atom. The molecule has 1 atom stereocenters. The summed E-state index contributed by atoms with van der Waals surface area (Å²) >= 11 is 4.28. The fourth-order valence-corrected chi connectivity index (χ4v) is 2.10. The lowest BCUT2D eigenvalue weighted by atomic mass is 10.1. The molecule has 1 heterocycles. The molecule has 0 spiro atoms. The van der Waals surface area contributed by atoms with E-state index in [0.717, 1.165) is 10.6 Å². The van der Waals surface area contributed by atoms with Gasteiger partial charge in [-0.3, -0.25) is 9.59 Å². The first-order valence-corrected chi connectivity index (χ1v) is 5.42. The Morgan fingerprint density at radius 1 is 1.44 bits per heavy atom. The zero-order valence-corrected chi connectivity index (χ0v) is 9.48. The van der Waals surface area contributed by atoms with Gasteiger partial charge in [-0.25, -0.2) is 0 Å². The van der Waals surface area contributed by atoms with Crippen LogP contribution in [0.2, 0.25) is 0 Å². The van der Waals surface area contributed by atoms with Crippen molar-refractivity contribution < 1.29 is 9.59 Å². The number of carbonyl (C=O) groups excluding carboxylic acids is 2. The van der Waals surface area contributed by atoms with Gasteiger partial charge in [0.2, 0.25) is 11.8 Å². The van der Waals surface area contributed by atoms with Crippen LogP contribution in [0.4, 0.5) is 5.69 Å². The highest BCUT2D eigenvalue weighted by Gasteiger charge is 2.34. The van der Waals surface area contributed by atoms with Crippen LogP contribution in [0.3, 0.4) is 0 Å². The van der Waals surface area contributed by atoms with Gasteiger partial charge >= 0.3 is 0 Å². The largest absolute Gasteiger partial charge is 0.369 e. The van der Waals surface area contributed by atoms with Crippen LogP contribution in [0.1, 0.15) is 6.42 Å². The van der Waals surface area contributed by atoms with Gasteiger partial charge < -0.3 is 10.6 Å². The number of para-hydroxylation sites is 1. The summed E-state index contributed by atoms with van der Waals surface area (Å²) < 4.78 is 0. The molecule has 1 aliphatic rings. The Kier molecular flexibility index (Phi) is 2.87. The fourth-order valence-electron chi connectivity index (χ4n) is 1.82. The molecule has 0 bridgehead atoms. The quantitative estimate of drug-likeness (QED) is 0.746. The van der Waals surface area contributed by atoms with Crippen molar-refractivity contribution >= 4 is 30.1 Å². The van der Waals surface area contributed by atoms with Gasteiger partial charge in [-0.15, -0.1) is 12.6 Å². The molecule has 2 N–H and O–H groups in total. The summed E-state index contributed by atoms with van der Waals surface area (Å²) in [6, 6.07) is 7.30. The Bertz CT molecular complexity index is 447. The van der Waals surface area contributed by atoms with E-state index in [0.29, 0.717) is 6.54 Å². The number of benzene rings is 1. The number of carbonyl (C=O) groups is 2. The highest BCUT2D eigenvalue weighted by molar-refractivity contribution is 7.80. The van der Waals surface area contributed by atoms with Crippen molar-refractivity contribution in [2.45, 2.75) is 11.3 Å². The molecule has 1 aromatic carbocycles. The SMILES string of the molecule is NC(=O)C1CC(=O)N(c2ccccc2S)C1. The predicted octanol–water partition coefficient (Wildman–Crippen LogP) is 0.813. The van der Waals surface area contributed by atoms with Crippen LogP contribution >= 0.6 is 12.6 Å². The second-order valence-electron chi connectivity index (χ2n) is 3.80. The van der Waals surface area contributed by atoms with E-state index in [1.165, 1.54) is 0 Å². The van der Waals surface area contributed by atoms with Crippen molar-refractivity contribution in [3.05, 3.63) is 24.3 Å². The number of nitrogens with zero attached hydrogens (tertiary/aromatic N) is 1. The summed E-state index contributed by atoms with van der Waals surface area (Å²) in [5.74, 6) is -0.891. The van der Waals surface area contributed by atoms with E-state index in [1.807, 2.05) is 24.3 Å². The van der Waals surface area contributed by atoms with Crippen LogP contribution < -0.4 is 10.6 Å². The zero-order valence-electron chi connectivity index (χ0n) is 8.59. The second kappa shape index (κ2) is 4.17. The van der Waals surface area contributed by atoms with Crippen molar-refractivity contribution in [3.63, 3.8) is 0 Å². The average molecular weight is 236 g/mol. The first-order valence-electron chi connectivity index (χ1n) is 4.97. The second-order valence-corrected chi connectivity index (χ2v) is 4.28. The molecule has 2 rings (SSSR count). The number of thiol groups is 1. The van der Waals surface area contributed by atoms with Crippen LogP contribution in [0.15, 0.2) is 29.2 Å². The number of hydrogen-bond acceptors (Lipinski definition) is 3. The summed E-state index contributed by atoms with van der Waals surface area (Å²) in [6.45, 7) is 0.353. The van der Waals surface area contributed by atoms with E-state index in [2.05, 4.69) is 12.6 Å².